The number of hydrogen-bond acceptors (Lipinski definition) is 2. The van der Waals surface area contributed by atoms with Crippen molar-refractivity contribution in [3.05, 3.63) is 65.6 Å². The molecule has 2 aromatic carbocycles. The van der Waals surface area contributed by atoms with E-state index < -0.39 is 11.9 Å². The number of aromatic nitrogens is 1. The standard InChI is InChI=1S/C25H26FN3O2/c1-2-3-4-5-13-21-23-19(18-11-6-7-12-20(18)27-23)15-22-24(30)28(25(31)29(21)22)17-10-8-9-16(26)14-17/h6-12,14,21-22,27H,2-5,13,15H2,1H3/t21-,22-/m1/s1. The second-order valence-electron chi connectivity index (χ2n) is 8.49. The van der Waals surface area contributed by atoms with E-state index in [0.717, 1.165) is 59.2 Å². The van der Waals surface area contributed by atoms with Crippen molar-refractivity contribution in [3.8, 4) is 0 Å². The van der Waals surface area contributed by atoms with E-state index in [9.17, 15) is 14.0 Å². The van der Waals surface area contributed by atoms with Crippen LogP contribution in [-0.4, -0.2) is 27.9 Å². The number of para-hydroxylation sites is 1. The van der Waals surface area contributed by atoms with E-state index >= 15 is 0 Å². The number of aromatic amines is 1. The second kappa shape index (κ2) is 7.84. The largest absolute Gasteiger partial charge is 0.356 e. The number of carbonyl (C=O) groups is 2. The predicted molar refractivity (Wildman–Crippen MR) is 118 cm³/mol. The van der Waals surface area contributed by atoms with Crippen LogP contribution < -0.4 is 4.90 Å². The Bertz CT molecular complexity index is 1150. The van der Waals surface area contributed by atoms with Crippen LogP contribution >= 0.6 is 0 Å². The van der Waals surface area contributed by atoms with Crippen LogP contribution in [0.25, 0.3) is 10.9 Å². The second-order valence-corrected chi connectivity index (χ2v) is 8.49. The molecule has 0 unspecified atom stereocenters. The summed E-state index contributed by atoms with van der Waals surface area (Å²) in [5, 5.41) is 1.11. The van der Waals surface area contributed by atoms with Crippen LogP contribution in [0.2, 0.25) is 0 Å². The van der Waals surface area contributed by atoms with Gasteiger partial charge in [-0.1, -0.05) is 56.9 Å². The fourth-order valence-corrected chi connectivity index (χ4v) is 5.11. The summed E-state index contributed by atoms with van der Waals surface area (Å²) in [7, 11) is 0. The highest BCUT2D eigenvalue weighted by atomic mass is 19.1. The smallest absolute Gasteiger partial charge is 0.332 e. The molecule has 0 spiro atoms. The Labute approximate surface area is 180 Å². The van der Waals surface area contributed by atoms with Gasteiger partial charge in [0.1, 0.15) is 11.9 Å². The molecule has 31 heavy (non-hydrogen) atoms. The highest BCUT2D eigenvalue weighted by Crippen LogP contribution is 2.44. The number of anilines is 1. The van der Waals surface area contributed by atoms with E-state index in [0.29, 0.717) is 12.1 Å². The topological polar surface area (TPSA) is 56.4 Å². The molecule has 2 atom stereocenters. The minimum Gasteiger partial charge on any atom is -0.356 e. The van der Waals surface area contributed by atoms with Crippen LogP contribution in [0, 0.1) is 5.82 Å². The van der Waals surface area contributed by atoms with Crippen molar-refractivity contribution in [2.75, 3.05) is 4.90 Å². The van der Waals surface area contributed by atoms with Gasteiger partial charge in [0, 0.05) is 23.0 Å². The number of imide groups is 1. The first-order chi connectivity index (χ1) is 15.1. The molecule has 3 aromatic rings. The summed E-state index contributed by atoms with van der Waals surface area (Å²) in [6, 6.07) is 12.7. The number of unbranched alkanes of at least 4 members (excludes halogenated alkanes) is 3. The van der Waals surface area contributed by atoms with Gasteiger partial charge in [0.2, 0.25) is 0 Å². The van der Waals surface area contributed by atoms with Crippen molar-refractivity contribution in [1.29, 1.82) is 0 Å². The summed E-state index contributed by atoms with van der Waals surface area (Å²) in [6.45, 7) is 2.17. The zero-order chi connectivity index (χ0) is 21.5. The molecule has 6 heteroatoms. The third-order valence-corrected chi connectivity index (χ3v) is 6.56. The number of rotatable bonds is 6. The molecule has 0 aliphatic carbocycles. The lowest BCUT2D eigenvalue weighted by atomic mass is 9.90. The maximum Gasteiger partial charge on any atom is 0.332 e. The molecule has 2 aliphatic heterocycles. The van der Waals surface area contributed by atoms with E-state index in [-0.39, 0.29) is 18.0 Å². The highest BCUT2D eigenvalue weighted by molar-refractivity contribution is 6.21. The Morgan fingerprint density at radius 2 is 1.90 bits per heavy atom. The lowest BCUT2D eigenvalue weighted by Crippen LogP contribution is -2.43. The van der Waals surface area contributed by atoms with Gasteiger partial charge in [0.15, 0.2) is 0 Å². The van der Waals surface area contributed by atoms with Crippen molar-refractivity contribution in [3.63, 3.8) is 0 Å². The first-order valence-corrected chi connectivity index (χ1v) is 11.1. The number of fused-ring (bicyclic) bond motifs is 4. The van der Waals surface area contributed by atoms with Gasteiger partial charge < -0.3 is 9.88 Å². The van der Waals surface area contributed by atoms with E-state index in [1.165, 1.54) is 18.2 Å². The quantitative estimate of drug-likeness (QED) is 0.411. The molecule has 0 bridgehead atoms. The Morgan fingerprint density at radius 3 is 2.71 bits per heavy atom. The van der Waals surface area contributed by atoms with Crippen molar-refractivity contribution >= 4 is 28.5 Å². The molecule has 3 heterocycles. The number of hydrogen-bond donors (Lipinski definition) is 1. The van der Waals surface area contributed by atoms with Crippen molar-refractivity contribution in [1.82, 2.24) is 9.88 Å². The molecule has 5 nitrogen and oxygen atoms in total. The van der Waals surface area contributed by atoms with E-state index in [1.54, 1.807) is 11.0 Å². The molecule has 1 N–H and O–H groups in total. The van der Waals surface area contributed by atoms with E-state index in [4.69, 9.17) is 0 Å². The SMILES string of the molecule is CCCCCC[C@@H]1c2[nH]c3ccccc3c2C[C@@H]2C(=O)N(c3cccc(F)c3)C(=O)N21. The van der Waals surface area contributed by atoms with Gasteiger partial charge in [0.05, 0.1) is 11.7 Å². The Kier molecular flexibility index (Phi) is 5.00. The predicted octanol–water partition coefficient (Wildman–Crippen LogP) is 5.71. The van der Waals surface area contributed by atoms with Crippen LogP contribution in [0.3, 0.4) is 0 Å². The van der Waals surface area contributed by atoms with Crippen LogP contribution in [0.4, 0.5) is 14.9 Å². The first kappa shape index (κ1) is 19.8. The number of H-pyrrole nitrogens is 1. The lowest BCUT2D eigenvalue weighted by molar-refractivity contribution is -0.120. The number of nitrogens with one attached hydrogen (secondary N) is 1. The number of amides is 3. The highest BCUT2D eigenvalue weighted by Gasteiger charge is 2.52. The Hall–Kier alpha value is -3.15. The zero-order valence-electron chi connectivity index (χ0n) is 17.6. The summed E-state index contributed by atoms with van der Waals surface area (Å²) in [5.41, 5.74) is 3.49. The fraction of sp³-hybridized carbons (Fsp3) is 0.360. The molecule has 3 amide bonds. The van der Waals surface area contributed by atoms with E-state index in [1.807, 2.05) is 18.2 Å². The van der Waals surface area contributed by atoms with Gasteiger partial charge in [-0.05, 0) is 36.2 Å². The van der Waals surface area contributed by atoms with Crippen molar-refractivity contribution < 1.29 is 14.0 Å². The van der Waals surface area contributed by atoms with Gasteiger partial charge in [-0.3, -0.25) is 4.79 Å². The molecule has 5 rings (SSSR count). The molecule has 2 aliphatic rings. The van der Waals surface area contributed by atoms with Crippen LogP contribution in [-0.2, 0) is 11.2 Å². The average Bonchev–Trinajstić information content (AvgIpc) is 3.26. The summed E-state index contributed by atoms with van der Waals surface area (Å²) < 4.78 is 13.8. The average molecular weight is 420 g/mol. The number of nitrogens with zero attached hydrogens (tertiary/aromatic N) is 2. The minimum absolute atomic E-state index is 0.187. The maximum atomic E-state index is 13.8. The monoisotopic (exact) mass is 419 g/mol. The van der Waals surface area contributed by atoms with Gasteiger partial charge in [-0.25, -0.2) is 14.1 Å². The molecule has 160 valence electrons. The van der Waals surface area contributed by atoms with Crippen molar-refractivity contribution in [2.24, 2.45) is 0 Å². The molecular formula is C25H26FN3O2. The lowest BCUT2D eigenvalue weighted by Gasteiger charge is -2.35. The normalized spacial score (nSPS) is 20.5. The van der Waals surface area contributed by atoms with Crippen LogP contribution in [0.1, 0.15) is 56.3 Å². The molecule has 1 saturated heterocycles. The fourth-order valence-electron chi connectivity index (χ4n) is 5.11. The maximum absolute atomic E-state index is 13.8. The number of benzene rings is 2. The molecule has 0 saturated carbocycles. The van der Waals surface area contributed by atoms with Gasteiger partial charge >= 0.3 is 6.03 Å². The van der Waals surface area contributed by atoms with Gasteiger partial charge in [-0.2, -0.15) is 0 Å². The number of carbonyl (C=O) groups excluding carboxylic acids is 2. The molecular weight excluding hydrogens is 393 g/mol. The van der Waals surface area contributed by atoms with Gasteiger partial charge in [-0.15, -0.1) is 0 Å². The first-order valence-electron chi connectivity index (χ1n) is 11.1. The third-order valence-electron chi connectivity index (χ3n) is 6.56. The minimum atomic E-state index is -0.557. The summed E-state index contributed by atoms with van der Waals surface area (Å²) in [6.07, 6.45) is 5.64. The Balaban J connectivity index is 1.56. The summed E-state index contributed by atoms with van der Waals surface area (Å²) in [4.78, 5) is 33.3. The Morgan fingerprint density at radius 1 is 1.06 bits per heavy atom. The summed E-state index contributed by atoms with van der Waals surface area (Å²) in [5.74, 6) is -0.736. The van der Waals surface area contributed by atoms with Gasteiger partial charge in [0.25, 0.3) is 5.91 Å². The van der Waals surface area contributed by atoms with Crippen LogP contribution in [0.15, 0.2) is 48.5 Å². The van der Waals surface area contributed by atoms with Crippen LogP contribution in [0.5, 0.6) is 0 Å². The molecule has 1 aromatic heterocycles. The van der Waals surface area contributed by atoms with Crippen molar-refractivity contribution in [2.45, 2.75) is 57.5 Å². The third kappa shape index (κ3) is 3.21. The number of halogens is 1. The summed E-state index contributed by atoms with van der Waals surface area (Å²) >= 11 is 0. The molecule has 0 radical (unpaired) electrons. The number of urea groups is 1. The zero-order valence-corrected chi connectivity index (χ0v) is 17.6. The molecule has 1 fully saturated rings. The van der Waals surface area contributed by atoms with E-state index in [2.05, 4.69) is 18.0 Å².